The van der Waals surface area contributed by atoms with Crippen molar-refractivity contribution in [3.05, 3.63) is 33.5 Å². The van der Waals surface area contributed by atoms with Crippen LogP contribution in [0.3, 0.4) is 0 Å². The van der Waals surface area contributed by atoms with Crippen molar-refractivity contribution >= 4 is 33.8 Å². The number of aromatic nitrogens is 1. The SMILES string of the molecule is COC(=O)CCc1csc(N(Cc2ccsc2)C2CC2)n1. The normalized spacial score (nSPS) is 14.1. The lowest BCUT2D eigenvalue weighted by atomic mass is 10.2. The van der Waals surface area contributed by atoms with Gasteiger partial charge in [0.05, 0.1) is 19.2 Å². The number of hydrogen-bond acceptors (Lipinski definition) is 6. The van der Waals surface area contributed by atoms with Gasteiger partial charge in [-0.1, -0.05) is 0 Å². The number of methoxy groups -OCH3 is 1. The van der Waals surface area contributed by atoms with E-state index in [1.165, 1.54) is 25.5 Å². The van der Waals surface area contributed by atoms with Gasteiger partial charge in [-0.3, -0.25) is 4.79 Å². The third-order valence-electron chi connectivity index (χ3n) is 3.52. The molecule has 2 aromatic heterocycles. The van der Waals surface area contributed by atoms with Crippen molar-refractivity contribution in [3.63, 3.8) is 0 Å². The van der Waals surface area contributed by atoms with E-state index in [2.05, 4.69) is 31.8 Å². The molecular weight excluding hydrogens is 304 g/mol. The van der Waals surface area contributed by atoms with Gasteiger partial charge in [0.2, 0.25) is 0 Å². The first-order valence-electron chi connectivity index (χ1n) is 7.05. The molecule has 3 rings (SSSR count). The summed E-state index contributed by atoms with van der Waals surface area (Å²) < 4.78 is 4.67. The molecule has 4 nitrogen and oxygen atoms in total. The zero-order valence-corrected chi connectivity index (χ0v) is 13.6. The van der Waals surface area contributed by atoms with E-state index in [9.17, 15) is 4.79 Å². The van der Waals surface area contributed by atoms with Gasteiger partial charge < -0.3 is 9.64 Å². The second kappa shape index (κ2) is 6.58. The fourth-order valence-corrected chi connectivity index (χ4v) is 3.78. The molecule has 0 aliphatic heterocycles. The molecule has 0 amide bonds. The summed E-state index contributed by atoms with van der Waals surface area (Å²) in [5.74, 6) is -0.179. The Kier molecular flexibility index (Phi) is 4.55. The van der Waals surface area contributed by atoms with Crippen molar-refractivity contribution in [2.24, 2.45) is 0 Å². The molecule has 0 unspecified atom stereocenters. The molecule has 0 bridgehead atoms. The number of carbonyl (C=O) groups excluding carboxylic acids is 1. The molecule has 1 saturated carbocycles. The van der Waals surface area contributed by atoms with Crippen LogP contribution in [-0.4, -0.2) is 24.1 Å². The highest BCUT2D eigenvalue weighted by Crippen LogP contribution is 2.35. The van der Waals surface area contributed by atoms with E-state index in [0.29, 0.717) is 18.9 Å². The minimum Gasteiger partial charge on any atom is -0.469 e. The van der Waals surface area contributed by atoms with Crippen LogP contribution in [0.5, 0.6) is 0 Å². The van der Waals surface area contributed by atoms with Gasteiger partial charge in [-0.25, -0.2) is 4.98 Å². The van der Waals surface area contributed by atoms with Gasteiger partial charge in [0.15, 0.2) is 5.13 Å². The molecule has 21 heavy (non-hydrogen) atoms. The standard InChI is InChI=1S/C15H18N2O2S2/c1-19-14(18)5-2-12-10-21-15(16-12)17(13-3-4-13)8-11-6-7-20-9-11/h6-7,9-10,13H,2-5,8H2,1H3. The minimum atomic E-state index is -0.179. The van der Waals surface area contributed by atoms with Gasteiger partial charge in [-0.2, -0.15) is 11.3 Å². The van der Waals surface area contributed by atoms with Crippen LogP contribution >= 0.6 is 22.7 Å². The number of ether oxygens (including phenoxy) is 1. The fourth-order valence-electron chi connectivity index (χ4n) is 2.19. The average molecular weight is 322 g/mol. The molecule has 112 valence electrons. The number of hydrogen-bond donors (Lipinski definition) is 0. The van der Waals surface area contributed by atoms with Gasteiger partial charge in [0.1, 0.15) is 0 Å². The number of esters is 1. The molecule has 6 heteroatoms. The monoisotopic (exact) mass is 322 g/mol. The van der Waals surface area contributed by atoms with Gasteiger partial charge >= 0.3 is 5.97 Å². The Bertz CT molecular complexity index is 591. The topological polar surface area (TPSA) is 42.4 Å². The highest BCUT2D eigenvalue weighted by Gasteiger charge is 2.31. The Balaban J connectivity index is 1.66. The maximum absolute atomic E-state index is 11.2. The van der Waals surface area contributed by atoms with Gasteiger partial charge in [-0.05, 0) is 35.2 Å². The van der Waals surface area contributed by atoms with Crippen LogP contribution in [-0.2, 0) is 22.5 Å². The van der Waals surface area contributed by atoms with Gasteiger partial charge in [-0.15, -0.1) is 11.3 Å². The van der Waals surface area contributed by atoms with Crippen molar-refractivity contribution in [3.8, 4) is 0 Å². The third kappa shape index (κ3) is 3.83. The van der Waals surface area contributed by atoms with E-state index in [0.717, 1.165) is 17.4 Å². The van der Waals surface area contributed by atoms with Crippen LogP contribution in [0.25, 0.3) is 0 Å². The van der Waals surface area contributed by atoms with Crippen molar-refractivity contribution < 1.29 is 9.53 Å². The van der Waals surface area contributed by atoms with Crippen molar-refractivity contribution in [2.75, 3.05) is 12.0 Å². The maximum Gasteiger partial charge on any atom is 0.305 e. The van der Waals surface area contributed by atoms with Crippen LogP contribution in [0.2, 0.25) is 0 Å². The molecule has 1 aliphatic carbocycles. The highest BCUT2D eigenvalue weighted by atomic mass is 32.1. The molecule has 1 aliphatic rings. The summed E-state index contributed by atoms with van der Waals surface area (Å²) in [6.07, 6.45) is 3.55. The Morgan fingerprint density at radius 3 is 3.00 bits per heavy atom. The number of carbonyl (C=O) groups is 1. The van der Waals surface area contributed by atoms with Crippen LogP contribution in [0, 0.1) is 0 Å². The molecule has 0 radical (unpaired) electrons. The van der Waals surface area contributed by atoms with Crippen LogP contribution in [0.4, 0.5) is 5.13 Å². The number of thiazole rings is 1. The number of anilines is 1. The van der Waals surface area contributed by atoms with Crippen LogP contribution < -0.4 is 4.90 Å². The second-order valence-electron chi connectivity index (χ2n) is 5.19. The lowest BCUT2D eigenvalue weighted by Crippen LogP contribution is -2.24. The summed E-state index contributed by atoms with van der Waals surface area (Å²) in [5.41, 5.74) is 2.33. The van der Waals surface area contributed by atoms with E-state index in [1.54, 1.807) is 22.7 Å². The molecule has 0 atom stereocenters. The Hall–Kier alpha value is -1.40. The molecule has 2 heterocycles. The van der Waals surface area contributed by atoms with Crippen LogP contribution in [0.1, 0.15) is 30.5 Å². The first kappa shape index (κ1) is 14.5. The van der Waals surface area contributed by atoms with E-state index in [1.807, 2.05) is 0 Å². The Morgan fingerprint density at radius 1 is 1.48 bits per heavy atom. The molecule has 0 aromatic carbocycles. The third-order valence-corrected chi connectivity index (χ3v) is 5.18. The number of nitrogens with zero attached hydrogens (tertiary/aromatic N) is 2. The summed E-state index contributed by atoms with van der Waals surface area (Å²) in [7, 11) is 1.42. The quantitative estimate of drug-likeness (QED) is 0.732. The lowest BCUT2D eigenvalue weighted by molar-refractivity contribution is -0.140. The average Bonchev–Trinajstić information content (AvgIpc) is 3.02. The molecule has 0 spiro atoms. The van der Waals surface area contributed by atoms with Gasteiger partial charge in [0.25, 0.3) is 0 Å². The highest BCUT2D eigenvalue weighted by molar-refractivity contribution is 7.13. The number of thiophene rings is 1. The van der Waals surface area contributed by atoms with E-state index >= 15 is 0 Å². The van der Waals surface area contributed by atoms with Crippen molar-refractivity contribution in [1.29, 1.82) is 0 Å². The first-order valence-corrected chi connectivity index (χ1v) is 8.87. The molecule has 2 aromatic rings. The van der Waals surface area contributed by atoms with Crippen molar-refractivity contribution in [2.45, 2.75) is 38.3 Å². The lowest BCUT2D eigenvalue weighted by Gasteiger charge is -2.20. The number of rotatable bonds is 7. The summed E-state index contributed by atoms with van der Waals surface area (Å²) in [4.78, 5) is 18.3. The fraction of sp³-hybridized carbons (Fsp3) is 0.467. The largest absolute Gasteiger partial charge is 0.469 e. The first-order chi connectivity index (χ1) is 10.3. The molecule has 1 fully saturated rings. The Morgan fingerprint density at radius 2 is 2.33 bits per heavy atom. The van der Waals surface area contributed by atoms with Gasteiger partial charge in [0, 0.05) is 24.4 Å². The van der Waals surface area contributed by atoms with Crippen molar-refractivity contribution in [1.82, 2.24) is 4.98 Å². The Labute approximate surface area is 132 Å². The van der Waals surface area contributed by atoms with E-state index in [-0.39, 0.29) is 5.97 Å². The smallest absolute Gasteiger partial charge is 0.305 e. The molecule has 0 saturated heterocycles. The minimum absolute atomic E-state index is 0.179. The summed E-state index contributed by atoms with van der Waals surface area (Å²) in [5, 5.41) is 7.44. The summed E-state index contributed by atoms with van der Waals surface area (Å²) >= 11 is 3.41. The predicted octanol–water partition coefficient (Wildman–Crippen LogP) is 3.48. The van der Waals surface area contributed by atoms with Crippen LogP contribution in [0.15, 0.2) is 22.2 Å². The number of aryl methyl sites for hydroxylation is 1. The van der Waals surface area contributed by atoms with E-state index in [4.69, 9.17) is 4.98 Å². The van der Waals surface area contributed by atoms with E-state index < -0.39 is 0 Å². The molecule has 0 N–H and O–H groups in total. The summed E-state index contributed by atoms with van der Waals surface area (Å²) in [6.45, 7) is 0.929. The zero-order chi connectivity index (χ0) is 14.7. The second-order valence-corrected chi connectivity index (χ2v) is 6.80. The summed E-state index contributed by atoms with van der Waals surface area (Å²) in [6, 6.07) is 2.80. The predicted molar refractivity (Wildman–Crippen MR) is 86.0 cm³/mol. The molecular formula is C15H18N2O2S2. The zero-order valence-electron chi connectivity index (χ0n) is 11.9. The maximum atomic E-state index is 11.2.